The van der Waals surface area contributed by atoms with Gasteiger partial charge in [0.15, 0.2) is 0 Å². The highest BCUT2D eigenvalue weighted by Crippen LogP contribution is 2.15. The maximum absolute atomic E-state index is 11.5. The van der Waals surface area contributed by atoms with Crippen LogP contribution < -0.4 is 5.32 Å². The van der Waals surface area contributed by atoms with Gasteiger partial charge in [0, 0.05) is 12.3 Å². The zero-order chi connectivity index (χ0) is 9.61. The normalized spacial score (nSPS) is 11.2. The number of alkyl halides is 3. The number of hydrogen-bond donors (Lipinski definition) is 1. The average molecular weight is 177 g/mol. The average Bonchev–Trinajstić information content (AvgIpc) is 1.96. The molecule has 0 radical (unpaired) electrons. The van der Waals surface area contributed by atoms with Crippen LogP contribution in [0.2, 0.25) is 0 Å². The number of ketones is 1. The summed E-state index contributed by atoms with van der Waals surface area (Å²) in [6.45, 7) is 0.0850. The number of terminal acetylenes is 1. The summed E-state index contributed by atoms with van der Waals surface area (Å²) in [6, 6.07) is 0. The molecule has 0 aliphatic heterocycles. The summed E-state index contributed by atoms with van der Waals surface area (Å²) >= 11 is 0. The fourth-order valence-electron chi connectivity index (χ4n) is 0.347. The maximum Gasteiger partial charge on any atom is 0.454 e. The second kappa shape index (κ2) is 4.44. The van der Waals surface area contributed by atoms with Crippen molar-refractivity contribution < 1.29 is 18.0 Å². The van der Waals surface area contributed by atoms with E-state index in [-0.39, 0.29) is 6.54 Å². The first-order chi connectivity index (χ1) is 5.48. The number of nitrogens with one attached hydrogen (secondary N) is 1. The summed E-state index contributed by atoms with van der Waals surface area (Å²) in [6.07, 6.45) is 1.22. The molecule has 5 heteroatoms. The molecule has 0 fully saturated rings. The smallest absolute Gasteiger partial charge is 0.380 e. The van der Waals surface area contributed by atoms with Crippen molar-refractivity contribution >= 4 is 5.78 Å². The lowest BCUT2D eigenvalue weighted by atomic mass is 10.4. The number of hydrogen-bond acceptors (Lipinski definition) is 2. The Kier molecular flexibility index (Phi) is 3.91. The van der Waals surface area contributed by atoms with E-state index >= 15 is 0 Å². The van der Waals surface area contributed by atoms with E-state index in [2.05, 4.69) is 11.2 Å². The van der Waals surface area contributed by atoms with Gasteiger partial charge < -0.3 is 5.32 Å². The van der Waals surface area contributed by atoms with Gasteiger partial charge in [-0.25, -0.2) is 0 Å². The SMILES string of the molecule is C#CCN/C=C\C(=O)C(F)(F)F. The first-order valence-electron chi connectivity index (χ1n) is 2.93. The third kappa shape index (κ3) is 4.39. The Labute approximate surface area is 67.4 Å². The largest absolute Gasteiger partial charge is 0.454 e. The third-order valence-electron chi connectivity index (χ3n) is 0.836. The van der Waals surface area contributed by atoms with Crippen molar-refractivity contribution in [3.05, 3.63) is 12.3 Å². The summed E-state index contributed by atoms with van der Waals surface area (Å²) in [5.41, 5.74) is 0. The highest BCUT2D eigenvalue weighted by molar-refractivity contribution is 5.94. The zero-order valence-electron chi connectivity index (χ0n) is 5.98. The molecule has 0 amide bonds. The van der Waals surface area contributed by atoms with Gasteiger partial charge in [-0.1, -0.05) is 5.92 Å². The molecule has 0 atom stereocenters. The number of halogens is 3. The molecule has 66 valence electrons. The summed E-state index contributed by atoms with van der Waals surface area (Å²) in [5, 5.41) is 2.30. The van der Waals surface area contributed by atoms with E-state index in [4.69, 9.17) is 6.42 Å². The molecule has 0 saturated heterocycles. The van der Waals surface area contributed by atoms with Crippen molar-refractivity contribution in [2.45, 2.75) is 6.18 Å². The van der Waals surface area contributed by atoms with E-state index in [1.807, 2.05) is 0 Å². The summed E-state index contributed by atoms with van der Waals surface area (Å²) in [4.78, 5) is 10.1. The Morgan fingerprint density at radius 1 is 1.58 bits per heavy atom. The lowest BCUT2D eigenvalue weighted by Crippen LogP contribution is -2.20. The van der Waals surface area contributed by atoms with Crippen LogP contribution in [0.3, 0.4) is 0 Å². The monoisotopic (exact) mass is 177 g/mol. The van der Waals surface area contributed by atoms with E-state index in [9.17, 15) is 18.0 Å². The molecule has 0 heterocycles. The molecular formula is C7H6F3NO. The third-order valence-corrected chi connectivity index (χ3v) is 0.836. The summed E-state index contributed by atoms with van der Waals surface area (Å²) in [7, 11) is 0. The van der Waals surface area contributed by atoms with Crippen LogP contribution in [0.5, 0.6) is 0 Å². The van der Waals surface area contributed by atoms with Crippen LogP contribution in [0, 0.1) is 12.3 Å². The Morgan fingerprint density at radius 3 is 2.58 bits per heavy atom. The van der Waals surface area contributed by atoms with Gasteiger partial charge in [-0.3, -0.25) is 4.79 Å². The zero-order valence-corrected chi connectivity index (χ0v) is 5.98. The summed E-state index contributed by atoms with van der Waals surface area (Å²) < 4.78 is 34.5. The van der Waals surface area contributed by atoms with Crippen molar-refractivity contribution in [1.82, 2.24) is 5.32 Å². The molecule has 0 bridgehead atoms. The van der Waals surface area contributed by atoms with Crippen molar-refractivity contribution in [2.75, 3.05) is 6.54 Å². The van der Waals surface area contributed by atoms with Crippen molar-refractivity contribution in [3.8, 4) is 12.3 Å². The molecule has 1 N–H and O–H groups in total. The topological polar surface area (TPSA) is 29.1 Å². The van der Waals surface area contributed by atoms with Crippen LogP contribution in [0.15, 0.2) is 12.3 Å². The highest BCUT2D eigenvalue weighted by Gasteiger charge is 2.35. The molecule has 0 rings (SSSR count). The predicted octanol–water partition coefficient (Wildman–Crippen LogP) is 0.854. The molecule has 2 nitrogen and oxygen atoms in total. The van der Waals surface area contributed by atoms with Crippen molar-refractivity contribution in [1.29, 1.82) is 0 Å². The second-order valence-electron chi connectivity index (χ2n) is 1.78. The van der Waals surface area contributed by atoms with Crippen molar-refractivity contribution in [2.24, 2.45) is 0 Å². The molecule has 0 aliphatic carbocycles. The number of carbonyl (C=O) groups is 1. The molecule has 0 unspecified atom stereocenters. The summed E-state index contributed by atoms with van der Waals surface area (Å²) in [5.74, 6) is 0.215. The molecule has 0 aromatic heterocycles. The van der Waals surface area contributed by atoms with Gasteiger partial charge >= 0.3 is 6.18 Å². The van der Waals surface area contributed by atoms with E-state index in [0.29, 0.717) is 6.08 Å². The Balaban J connectivity index is 3.87. The van der Waals surface area contributed by atoms with E-state index in [0.717, 1.165) is 6.20 Å². The fourth-order valence-corrected chi connectivity index (χ4v) is 0.347. The fraction of sp³-hybridized carbons (Fsp3) is 0.286. The Hall–Kier alpha value is -1.44. The Bertz CT molecular complexity index is 224. The first kappa shape index (κ1) is 10.6. The van der Waals surface area contributed by atoms with Crippen LogP contribution in [-0.2, 0) is 4.79 Å². The number of rotatable bonds is 3. The molecular weight excluding hydrogens is 171 g/mol. The minimum atomic E-state index is -4.81. The number of carbonyl (C=O) groups excluding carboxylic acids is 1. The maximum atomic E-state index is 11.5. The van der Waals surface area contributed by atoms with Crippen LogP contribution in [0.1, 0.15) is 0 Å². The van der Waals surface area contributed by atoms with Crippen molar-refractivity contribution in [3.63, 3.8) is 0 Å². The number of allylic oxidation sites excluding steroid dienone is 1. The van der Waals surface area contributed by atoms with Gasteiger partial charge in [-0.2, -0.15) is 13.2 Å². The van der Waals surface area contributed by atoms with Gasteiger partial charge in [-0.05, 0) is 0 Å². The molecule has 12 heavy (non-hydrogen) atoms. The standard InChI is InChI=1S/C7H6F3NO/c1-2-4-11-5-3-6(12)7(8,9)10/h1,3,5,11H,4H2/b5-3-. The van der Waals surface area contributed by atoms with Crippen LogP contribution >= 0.6 is 0 Å². The van der Waals surface area contributed by atoms with Crippen LogP contribution in [0.25, 0.3) is 0 Å². The van der Waals surface area contributed by atoms with Gasteiger partial charge in [-0.15, -0.1) is 6.42 Å². The van der Waals surface area contributed by atoms with Gasteiger partial charge in [0.1, 0.15) is 0 Å². The first-order valence-corrected chi connectivity index (χ1v) is 2.93. The molecule has 0 aromatic rings. The van der Waals surface area contributed by atoms with Crippen LogP contribution in [0.4, 0.5) is 13.2 Å². The Morgan fingerprint density at radius 2 is 2.17 bits per heavy atom. The van der Waals surface area contributed by atoms with Crippen LogP contribution in [-0.4, -0.2) is 18.5 Å². The van der Waals surface area contributed by atoms with Gasteiger partial charge in [0.05, 0.1) is 6.54 Å². The van der Waals surface area contributed by atoms with Gasteiger partial charge in [0.2, 0.25) is 0 Å². The van der Waals surface area contributed by atoms with E-state index in [1.54, 1.807) is 0 Å². The van der Waals surface area contributed by atoms with E-state index in [1.165, 1.54) is 0 Å². The molecule has 0 aromatic carbocycles. The van der Waals surface area contributed by atoms with E-state index < -0.39 is 12.0 Å². The minimum Gasteiger partial charge on any atom is -0.380 e. The minimum absolute atomic E-state index is 0.0850. The lowest BCUT2D eigenvalue weighted by molar-refractivity contribution is -0.165. The second-order valence-corrected chi connectivity index (χ2v) is 1.78. The lowest BCUT2D eigenvalue weighted by Gasteiger charge is -1.98. The highest BCUT2D eigenvalue weighted by atomic mass is 19.4. The molecule has 0 spiro atoms. The van der Waals surface area contributed by atoms with Gasteiger partial charge in [0.25, 0.3) is 5.78 Å². The predicted molar refractivity (Wildman–Crippen MR) is 37.0 cm³/mol. The molecule has 0 aliphatic rings. The quantitative estimate of drug-likeness (QED) is 0.393. The molecule has 0 saturated carbocycles.